The molecule has 1 aromatic heterocycles. The van der Waals surface area contributed by atoms with Gasteiger partial charge >= 0.3 is 0 Å². The third-order valence-electron chi connectivity index (χ3n) is 6.47. The van der Waals surface area contributed by atoms with Crippen molar-refractivity contribution in [2.75, 3.05) is 0 Å². The summed E-state index contributed by atoms with van der Waals surface area (Å²) in [6.45, 7) is 2.29. The highest BCUT2D eigenvalue weighted by atomic mass is 35.5. The zero-order valence-electron chi connectivity index (χ0n) is 18.9. The zero-order chi connectivity index (χ0) is 21.0. The topological polar surface area (TPSA) is 15.8 Å². The van der Waals surface area contributed by atoms with Crippen LogP contribution in [0.15, 0.2) is 36.4 Å². The molecule has 0 fully saturated rings. The second-order valence-electron chi connectivity index (χ2n) is 9.01. The number of nitrogens with one attached hydrogen (secondary N) is 1. The van der Waals surface area contributed by atoms with Gasteiger partial charge in [-0.3, -0.25) is 0 Å². The highest BCUT2D eigenvalue weighted by molar-refractivity contribution is 6.36. The Morgan fingerprint density at radius 2 is 1.27 bits per heavy atom. The SMILES string of the molecule is CCCCCCCCCCCCCCCCc1ccc2[nH]c3c(Cl)cccc3c2c1. The summed E-state index contributed by atoms with van der Waals surface area (Å²) in [6.07, 6.45) is 21.0. The number of aromatic nitrogens is 1. The first-order valence-corrected chi connectivity index (χ1v) is 12.9. The van der Waals surface area contributed by atoms with E-state index in [-0.39, 0.29) is 0 Å². The van der Waals surface area contributed by atoms with Crippen molar-refractivity contribution < 1.29 is 0 Å². The van der Waals surface area contributed by atoms with Crippen LogP contribution in [0.1, 0.15) is 102 Å². The Morgan fingerprint density at radius 3 is 1.90 bits per heavy atom. The predicted molar refractivity (Wildman–Crippen MR) is 135 cm³/mol. The molecular weight excluding hydrogens is 386 g/mol. The number of aromatic amines is 1. The van der Waals surface area contributed by atoms with Crippen molar-refractivity contribution in [3.8, 4) is 0 Å². The fourth-order valence-corrected chi connectivity index (χ4v) is 4.83. The summed E-state index contributed by atoms with van der Waals surface area (Å²) in [7, 11) is 0. The van der Waals surface area contributed by atoms with Gasteiger partial charge in [0.05, 0.1) is 10.5 Å². The second-order valence-corrected chi connectivity index (χ2v) is 9.42. The standard InChI is InChI=1S/C28H40ClN/c1-2-3-4-5-6-7-8-9-10-11-12-13-14-15-17-23-20-21-27-25(22-23)24-18-16-19-26(29)28(24)30-27/h16,18-22,30H,2-15,17H2,1H3. The van der Waals surface area contributed by atoms with Crippen LogP contribution in [0.5, 0.6) is 0 Å². The maximum atomic E-state index is 6.34. The molecule has 30 heavy (non-hydrogen) atoms. The van der Waals surface area contributed by atoms with Crippen LogP contribution in [0.25, 0.3) is 21.8 Å². The highest BCUT2D eigenvalue weighted by Gasteiger charge is 2.07. The van der Waals surface area contributed by atoms with Crippen LogP contribution >= 0.6 is 11.6 Å². The monoisotopic (exact) mass is 425 g/mol. The molecule has 2 aromatic carbocycles. The van der Waals surface area contributed by atoms with Crippen molar-refractivity contribution in [3.05, 3.63) is 47.0 Å². The molecule has 0 spiro atoms. The molecule has 3 rings (SSSR count). The minimum atomic E-state index is 0.803. The first kappa shape index (κ1) is 23.2. The van der Waals surface area contributed by atoms with E-state index >= 15 is 0 Å². The van der Waals surface area contributed by atoms with Gasteiger partial charge in [0, 0.05) is 16.3 Å². The van der Waals surface area contributed by atoms with E-state index in [1.165, 1.54) is 118 Å². The number of fused-ring (bicyclic) bond motifs is 3. The smallest absolute Gasteiger partial charge is 0.0654 e. The molecule has 0 saturated heterocycles. The van der Waals surface area contributed by atoms with E-state index in [9.17, 15) is 0 Å². The Hall–Kier alpha value is -1.47. The fraction of sp³-hybridized carbons (Fsp3) is 0.571. The Morgan fingerprint density at radius 1 is 0.667 bits per heavy atom. The molecular formula is C28H40ClN. The molecule has 1 N–H and O–H groups in total. The van der Waals surface area contributed by atoms with Crippen molar-refractivity contribution in [2.24, 2.45) is 0 Å². The number of unbranched alkanes of at least 4 members (excludes halogenated alkanes) is 13. The molecule has 0 aliphatic rings. The third-order valence-corrected chi connectivity index (χ3v) is 6.78. The lowest BCUT2D eigenvalue weighted by Gasteiger charge is -2.04. The molecule has 0 bridgehead atoms. The van der Waals surface area contributed by atoms with Crippen LogP contribution in [0.4, 0.5) is 0 Å². The van der Waals surface area contributed by atoms with E-state index in [4.69, 9.17) is 11.6 Å². The van der Waals surface area contributed by atoms with E-state index in [0.29, 0.717) is 0 Å². The lowest BCUT2D eigenvalue weighted by Crippen LogP contribution is -1.87. The quantitative estimate of drug-likeness (QED) is 0.233. The van der Waals surface area contributed by atoms with Gasteiger partial charge in [-0.1, -0.05) is 120 Å². The summed E-state index contributed by atoms with van der Waals surface area (Å²) >= 11 is 6.34. The number of hydrogen-bond donors (Lipinski definition) is 1. The summed E-state index contributed by atoms with van der Waals surface area (Å²) in [5.41, 5.74) is 3.69. The molecule has 0 atom stereocenters. The van der Waals surface area contributed by atoms with Gasteiger partial charge < -0.3 is 4.98 Å². The van der Waals surface area contributed by atoms with E-state index < -0.39 is 0 Å². The van der Waals surface area contributed by atoms with Crippen LogP contribution in [-0.4, -0.2) is 4.98 Å². The number of benzene rings is 2. The number of rotatable bonds is 15. The first-order chi connectivity index (χ1) is 14.8. The summed E-state index contributed by atoms with van der Waals surface area (Å²) in [5.74, 6) is 0. The highest BCUT2D eigenvalue weighted by Crippen LogP contribution is 2.31. The van der Waals surface area contributed by atoms with Crippen LogP contribution < -0.4 is 0 Å². The Kier molecular flexibility index (Phi) is 10.1. The Balaban J connectivity index is 1.26. The summed E-state index contributed by atoms with van der Waals surface area (Å²) in [4.78, 5) is 3.46. The number of hydrogen-bond acceptors (Lipinski definition) is 0. The van der Waals surface area contributed by atoms with Crippen LogP contribution in [0.2, 0.25) is 5.02 Å². The van der Waals surface area contributed by atoms with Gasteiger partial charge in [-0.2, -0.15) is 0 Å². The maximum absolute atomic E-state index is 6.34. The molecule has 1 heterocycles. The van der Waals surface area contributed by atoms with Crippen LogP contribution in [0, 0.1) is 0 Å². The second kappa shape index (κ2) is 13.1. The van der Waals surface area contributed by atoms with Crippen molar-refractivity contribution >= 4 is 33.4 Å². The minimum absolute atomic E-state index is 0.803. The normalized spacial score (nSPS) is 11.7. The van der Waals surface area contributed by atoms with E-state index in [1.807, 2.05) is 12.1 Å². The Labute approximate surface area is 188 Å². The number of para-hydroxylation sites is 1. The molecule has 0 amide bonds. The molecule has 0 aliphatic heterocycles. The third kappa shape index (κ3) is 7.05. The summed E-state index contributed by atoms with van der Waals surface area (Å²) in [6, 6.07) is 13.0. The largest absolute Gasteiger partial charge is 0.353 e. The van der Waals surface area contributed by atoms with E-state index in [1.54, 1.807) is 0 Å². The molecule has 0 saturated carbocycles. The Bertz CT molecular complexity index is 879. The molecule has 0 aliphatic carbocycles. The average molecular weight is 426 g/mol. The molecule has 0 unspecified atom stereocenters. The molecule has 3 aromatic rings. The maximum Gasteiger partial charge on any atom is 0.0654 e. The average Bonchev–Trinajstić information content (AvgIpc) is 3.13. The van der Waals surface area contributed by atoms with Crippen molar-refractivity contribution in [1.29, 1.82) is 0 Å². The van der Waals surface area contributed by atoms with Crippen LogP contribution in [0.3, 0.4) is 0 Å². The van der Waals surface area contributed by atoms with Gasteiger partial charge in [-0.05, 0) is 36.6 Å². The van der Waals surface area contributed by atoms with Gasteiger partial charge in [-0.25, -0.2) is 0 Å². The minimum Gasteiger partial charge on any atom is -0.353 e. The molecule has 164 valence electrons. The van der Waals surface area contributed by atoms with Crippen molar-refractivity contribution in [2.45, 2.75) is 103 Å². The predicted octanol–water partition coefficient (Wildman–Crippen LogP) is 10.00. The molecule has 1 nitrogen and oxygen atoms in total. The summed E-state index contributed by atoms with van der Waals surface area (Å²) < 4.78 is 0. The molecule has 0 radical (unpaired) electrons. The van der Waals surface area contributed by atoms with Crippen molar-refractivity contribution in [3.63, 3.8) is 0 Å². The fourth-order valence-electron chi connectivity index (χ4n) is 4.61. The molecule has 2 heteroatoms. The summed E-state index contributed by atoms with van der Waals surface area (Å²) in [5, 5.41) is 3.34. The number of aryl methyl sites for hydroxylation is 1. The van der Waals surface area contributed by atoms with Gasteiger partial charge in [0.1, 0.15) is 0 Å². The first-order valence-electron chi connectivity index (χ1n) is 12.5. The van der Waals surface area contributed by atoms with Gasteiger partial charge in [-0.15, -0.1) is 0 Å². The van der Waals surface area contributed by atoms with Gasteiger partial charge in [0.25, 0.3) is 0 Å². The van der Waals surface area contributed by atoms with Gasteiger partial charge in [0.2, 0.25) is 0 Å². The van der Waals surface area contributed by atoms with E-state index in [0.717, 1.165) is 10.5 Å². The van der Waals surface area contributed by atoms with Crippen LogP contribution in [-0.2, 0) is 6.42 Å². The number of halogens is 1. The zero-order valence-corrected chi connectivity index (χ0v) is 19.7. The van der Waals surface area contributed by atoms with Gasteiger partial charge in [0.15, 0.2) is 0 Å². The lowest BCUT2D eigenvalue weighted by atomic mass is 10.0. The lowest BCUT2D eigenvalue weighted by molar-refractivity contribution is 0.535. The van der Waals surface area contributed by atoms with E-state index in [2.05, 4.69) is 36.2 Å². The number of H-pyrrole nitrogens is 1. The van der Waals surface area contributed by atoms with Crippen molar-refractivity contribution in [1.82, 2.24) is 4.98 Å².